The van der Waals surface area contributed by atoms with Gasteiger partial charge in [0.05, 0.1) is 12.7 Å². The van der Waals surface area contributed by atoms with Gasteiger partial charge in [-0.05, 0) is 45.3 Å². The lowest BCUT2D eigenvalue weighted by atomic mass is 9.94. The molecule has 0 bridgehead atoms. The Labute approximate surface area is 146 Å². The van der Waals surface area contributed by atoms with Gasteiger partial charge in [0.25, 0.3) is 0 Å². The van der Waals surface area contributed by atoms with Crippen LogP contribution in [0.25, 0.3) is 0 Å². The third kappa shape index (κ3) is 5.82. The molecular formula is C18H33N5O. The van der Waals surface area contributed by atoms with Crippen LogP contribution >= 0.6 is 0 Å². The van der Waals surface area contributed by atoms with Crippen LogP contribution in [0.15, 0.2) is 15.6 Å². The second-order valence-corrected chi connectivity index (χ2v) is 7.76. The fraction of sp³-hybridized carbons (Fsp3) is 0.778. The number of rotatable bonds is 5. The Balaban J connectivity index is 1.70. The molecule has 136 valence electrons. The molecule has 0 amide bonds. The maximum absolute atomic E-state index is 5.79. The summed E-state index contributed by atoms with van der Waals surface area (Å²) in [5, 5.41) is 6.66. The molecule has 2 rings (SSSR count). The van der Waals surface area contributed by atoms with Crippen molar-refractivity contribution in [3.8, 4) is 0 Å². The molecule has 1 aliphatic heterocycles. The Kier molecular flexibility index (Phi) is 6.66. The van der Waals surface area contributed by atoms with Crippen LogP contribution in [0.5, 0.6) is 0 Å². The van der Waals surface area contributed by atoms with Gasteiger partial charge < -0.3 is 20.0 Å². The SMILES string of the molecule is CN=C(NCCC1CCN(C)CC1)NCc1ncc(C(C)(C)C)o1. The van der Waals surface area contributed by atoms with Crippen molar-refractivity contribution < 1.29 is 4.42 Å². The Hall–Kier alpha value is -1.56. The number of oxazole rings is 1. The van der Waals surface area contributed by atoms with Crippen molar-refractivity contribution in [1.82, 2.24) is 20.5 Å². The zero-order chi connectivity index (χ0) is 17.6. The number of hydrogen-bond donors (Lipinski definition) is 2. The topological polar surface area (TPSA) is 65.7 Å². The first-order valence-electron chi connectivity index (χ1n) is 8.96. The van der Waals surface area contributed by atoms with Crippen molar-refractivity contribution in [3.63, 3.8) is 0 Å². The predicted molar refractivity (Wildman–Crippen MR) is 98.2 cm³/mol. The molecule has 2 heterocycles. The van der Waals surface area contributed by atoms with E-state index in [4.69, 9.17) is 4.42 Å². The van der Waals surface area contributed by atoms with Gasteiger partial charge in [0, 0.05) is 19.0 Å². The Morgan fingerprint density at radius 1 is 1.33 bits per heavy atom. The van der Waals surface area contributed by atoms with Crippen LogP contribution in [0.1, 0.15) is 51.7 Å². The average molecular weight is 335 g/mol. The number of hydrogen-bond acceptors (Lipinski definition) is 4. The van der Waals surface area contributed by atoms with E-state index in [9.17, 15) is 0 Å². The minimum absolute atomic E-state index is 0.0146. The largest absolute Gasteiger partial charge is 0.443 e. The van der Waals surface area contributed by atoms with E-state index < -0.39 is 0 Å². The quantitative estimate of drug-likeness (QED) is 0.639. The predicted octanol–water partition coefficient (Wildman–Crippen LogP) is 2.37. The van der Waals surface area contributed by atoms with Gasteiger partial charge in [0.1, 0.15) is 5.76 Å². The maximum Gasteiger partial charge on any atom is 0.213 e. The van der Waals surface area contributed by atoms with E-state index in [1.165, 1.54) is 32.4 Å². The van der Waals surface area contributed by atoms with Crippen molar-refractivity contribution in [2.75, 3.05) is 33.7 Å². The number of nitrogens with one attached hydrogen (secondary N) is 2. The first-order valence-corrected chi connectivity index (χ1v) is 8.96. The summed E-state index contributed by atoms with van der Waals surface area (Å²) in [7, 11) is 4.00. The third-order valence-electron chi connectivity index (χ3n) is 4.61. The van der Waals surface area contributed by atoms with Crippen molar-refractivity contribution in [1.29, 1.82) is 0 Å². The lowest BCUT2D eigenvalue weighted by molar-refractivity contribution is 0.213. The highest BCUT2D eigenvalue weighted by Crippen LogP contribution is 2.22. The number of guanidine groups is 1. The van der Waals surface area contributed by atoms with Gasteiger partial charge >= 0.3 is 0 Å². The Morgan fingerprint density at radius 3 is 2.62 bits per heavy atom. The molecule has 6 heteroatoms. The molecule has 1 aliphatic rings. The second-order valence-electron chi connectivity index (χ2n) is 7.76. The fourth-order valence-corrected chi connectivity index (χ4v) is 2.86. The second kappa shape index (κ2) is 8.51. The normalized spacial score (nSPS) is 18.0. The summed E-state index contributed by atoms with van der Waals surface area (Å²) in [5.74, 6) is 3.23. The number of nitrogens with zero attached hydrogens (tertiary/aromatic N) is 3. The van der Waals surface area contributed by atoms with E-state index in [1.54, 1.807) is 7.05 Å². The molecule has 0 atom stereocenters. The lowest BCUT2D eigenvalue weighted by Gasteiger charge is -2.29. The third-order valence-corrected chi connectivity index (χ3v) is 4.61. The highest BCUT2D eigenvalue weighted by molar-refractivity contribution is 5.79. The lowest BCUT2D eigenvalue weighted by Crippen LogP contribution is -2.38. The molecule has 0 unspecified atom stereocenters. The van der Waals surface area contributed by atoms with E-state index in [2.05, 4.69) is 53.3 Å². The molecule has 24 heavy (non-hydrogen) atoms. The number of piperidine rings is 1. The van der Waals surface area contributed by atoms with Gasteiger partial charge in [0.2, 0.25) is 5.89 Å². The molecule has 1 saturated heterocycles. The van der Waals surface area contributed by atoms with Crippen molar-refractivity contribution in [2.45, 2.75) is 52.0 Å². The van der Waals surface area contributed by atoms with E-state index in [0.29, 0.717) is 12.4 Å². The van der Waals surface area contributed by atoms with E-state index >= 15 is 0 Å². The standard InChI is InChI=1S/C18H33N5O/c1-18(2,3)15-12-21-16(24-15)13-22-17(19-4)20-9-6-14-7-10-23(5)11-8-14/h12,14H,6-11,13H2,1-5H3,(H2,19,20,22). The van der Waals surface area contributed by atoms with Crippen LogP contribution in [-0.2, 0) is 12.0 Å². The first-order chi connectivity index (χ1) is 11.4. The summed E-state index contributed by atoms with van der Waals surface area (Å²) in [6, 6.07) is 0. The van der Waals surface area contributed by atoms with Gasteiger partial charge in [-0.1, -0.05) is 20.8 Å². The van der Waals surface area contributed by atoms with Gasteiger partial charge in [-0.2, -0.15) is 0 Å². The molecule has 1 fully saturated rings. The van der Waals surface area contributed by atoms with Crippen LogP contribution < -0.4 is 10.6 Å². The summed E-state index contributed by atoms with van der Waals surface area (Å²) in [4.78, 5) is 11.0. The number of aromatic nitrogens is 1. The molecular weight excluding hydrogens is 302 g/mol. The highest BCUT2D eigenvalue weighted by Gasteiger charge is 2.19. The number of likely N-dealkylation sites (tertiary alicyclic amines) is 1. The molecule has 0 spiro atoms. The van der Waals surface area contributed by atoms with Crippen LogP contribution in [0.2, 0.25) is 0 Å². The maximum atomic E-state index is 5.79. The van der Waals surface area contributed by atoms with Crippen molar-refractivity contribution >= 4 is 5.96 Å². The zero-order valence-electron chi connectivity index (χ0n) is 15.9. The van der Waals surface area contributed by atoms with E-state index in [1.807, 2.05) is 6.20 Å². The molecule has 0 aliphatic carbocycles. The summed E-state index contributed by atoms with van der Waals surface area (Å²) >= 11 is 0. The molecule has 0 aromatic carbocycles. The summed E-state index contributed by atoms with van der Waals surface area (Å²) in [6.45, 7) is 10.3. The summed E-state index contributed by atoms with van der Waals surface area (Å²) < 4.78 is 5.79. The van der Waals surface area contributed by atoms with E-state index in [0.717, 1.165) is 24.2 Å². The Bertz CT molecular complexity index is 524. The zero-order valence-corrected chi connectivity index (χ0v) is 15.9. The van der Waals surface area contributed by atoms with Crippen LogP contribution in [0.4, 0.5) is 0 Å². The fourth-order valence-electron chi connectivity index (χ4n) is 2.86. The highest BCUT2D eigenvalue weighted by atomic mass is 16.4. The molecule has 6 nitrogen and oxygen atoms in total. The van der Waals surface area contributed by atoms with Gasteiger partial charge in [-0.15, -0.1) is 0 Å². The monoisotopic (exact) mass is 335 g/mol. The van der Waals surface area contributed by atoms with Crippen molar-refractivity contribution in [2.24, 2.45) is 10.9 Å². The first kappa shape index (κ1) is 18.8. The number of aliphatic imine (C=N–C) groups is 1. The molecule has 1 aromatic heterocycles. The molecule has 0 saturated carbocycles. The minimum Gasteiger partial charge on any atom is -0.443 e. The van der Waals surface area contributed by atoms with Crippen LogP contribution in [0.3, 0.4) is 0 Å². The van der Waals surface area contributed by atoms with Crippen LogP contribution in [0, 0.1) is 5.92 Å². The van der Waals surface area contributed by atoms with Gasteiger partial charge in [0.15, 0.2) is 5.96 Å². The van der Waals surface area contributed by atoms with Crippen LogP contribution in [-0.4, -0.2) is 49.6 Å². The summed E-state index contributed by atoms with van der Waals surface area (Å²) in [5.41, 5.74) is -0.0146. The van der Waals surface area contributed by atoms with E-state index in [-0.39, 0.29) is 5.41 Å². The smallest absolute Gasteiger partial charge is 0.213 e. The average Bonchev–Trinajstić information content (AvgIpc) is 3.01. The molecule has 2 N–H and O–H groups in total. The minimum atomic E-state index is -0.0146. The van der Waals surface area contributed by atoms with Gasteiger partial charge in [-0.3, -0.25) is 4.99 Å². The molecule has 0 radical (unpaired) electrons. The Morgan fingerprint density at radius 2 is 2.04 bits per heavy atom. The summed E-state index contributed by atoms with van der Waals surface area (Å²) in [6.07, 6.45) is 5.61. The van der Waals surface area contributed by atoms with Gasteiger partial charge in [-0.25, -0.2) is 4.98 Å². The molecule has 1 aromatic rings. The van der Waals surface area contributed by atoms with Crippen molar-refractivity contribution in [3.05, 3.63) is 17.8 Å².